The summed E-state index contributed by atoms with van der Waals surface area (Å²) in [4.78, 5) is 2.34. The third kappa shape index (κ3) is 5.81. The van der Waals surface area contributed by atoms with E-state index in [1.165, 1.54) is 66.4 Å². The zero-order valence-corrected chi connectivity index (χ0v) is 29.5. The lowest BCUT2D eigenvalue weighted by atomic mass is 9.78. The van der Waals surface area contributed by atoms with E-state index in [4.69, 9.17) is 0 Å². The number of anilines is 3. The minimum absolute atomic E-state index is 0.0649. The highest BCUT2D eigenvalue weighted by atomic mass is 15.1. The number of rotatable bonds is 7. The summed E-state index contributed by atoms with van der Waals surface area (Å²) >= 11 is 0. The van der Waals surface area contributed by atoms with Crippen LogP contribution in [-0.4, -0.2) is 0 Å². The first-order valence-corrected chi connectivity index (χ1v) is 18.1. The van der Waals surface area contributed by atoms with Crippen molar-refractivity contribution in [1.82, 2.24) is 0 Å². The van der Waals surface area contributed by atoms with Crippen LogP contribution in [0.15, 0.2) is 194 Å². The van der Waals surface area contributed by atoms with Crippen LogP contribution in [0.4, 0.5) is 17.1 Å². The molecule has 8 aromatic rings. The van der Waals surface area contributed by atoms with E-state index in [1.54, 1.807) is 0 Å². The molecule has 8 aromatic carbocycles. The molecule has 0 spiro atoms. The highest BCUT2D eigenvalue weighted by molar-refractivity contribution is 5.98. The lowest BCUT2D eigenvalue weighted by Gasteiger charge is -2.26. The van der Waals surface area contributed by atoms with E-state index in [1.807, 2.05) is 0 Å². The van der Waals surface area contributed by atoms with Crippen LogP contribution in [0.1, 0.15) is 30.5 Å². The molecule has 0 unspecified atom stereocenters. The van der Waals surface area contributed by atoms with Gasteiger partial charge in [-0.1, -0.05) is 159 Å². The summed E-state index contributed by atoms with van der Waals surface area (Å²) in [6, 6.07) is 70.3. The number of benzene rings is 8. The third-order valence-electron chi connectivity index (χ3n) is 10.7. The topological polar surface area (TPSA) is 3.24 Å². The van der Waals surface area contributed by atoms with E-state index in [9.17, 15) is 0 Å². The summed E-state index contributed by atoms with van der Waals surface area (Å²) in [5, 5.41) is 2.59. The summed E-state index contributed by atoms with van der Waals surface area (Å²) in [7, 11) is 0. The fraction of sp³-hybridized carbons (Fsp3) is 0.0588. The van der Waals surface area contributed by atoms with Gasteiger partial charge < -0.3 is 4.90 Å². The van der Waals surface area contributed by atoms with E-state index in [0.717, 1.165) is 17.1 Å². The van der Waals surface area contributed by atoms with E-state index in [2.05, 4.69) is 219 Å². The van der Waals surface area contributed by atoms with Gasteiger partial charge in [0, 0.05) is 22.5 Å². The van der Waals surface area contributed by atoms with E-state index in [0.29, 0.717) is 0 Å². The zero-order valence-electron chi connectivity index (χ0n) is 29.5. The van der Waals surface area contributed by atoms with Gasteiger partial charge in [0.15, 0.2) is 0 Å². The van der Waals surface area contributed by atoms with Gasteiger partial charge in [-0.3, -0.25) is 0 Å². The number of nitrogens with zero attached hydrogens (tertiary/aromatic N) is 1. The molecule has 1 nitrogen and oxygen atoms in total. The normalized spacial score (nSPS) is 13.1. The molecule has 0 radical (unpaired) electrons. The van der Waals surface area contributed by atoms with Gasteiger partial charge in [0.25, 0.3) is 0 Å². The Balaban J connectivity index is 1.02. The lowest BCUT2D eigenvalue weighted by molar-refractivity contribution is 0.705. The second kappa shape index (κ2) is 13.0. The summed E-state index contributed by atoms with van der Waals surface area (Å²) < 4.78 is 0. The van der Waals surface area contributed by atoms with Crippen molar-refractivity contribution >= 4 is 39.5 Å². The predicted molar refractivity (Wildman–Crippen MR) is 222 cm³/mol. The maximum Gasteiger partial charge on any atom is 0.0462 e. The first-order chi connectivity index (χ1) is 25.5. The Hall–Kier alpha value is -6.44. The minimum Gasteiger partial charge on any atom is -0.311 e. The number of allylic oxidation sites excluding steroid dienone is 1. The van der Waals surface area contributed by atoms with Crippen molar-refractivity contribution in [3.63, 3.8) is 0 Å². The van der Waals surface area contributed by atoms with Gasteiger partial charge in [0.05, 0.1) is 0 Å². The van der Waals surface area contributed by atoms with Crippen LogP contribution in [0.5, 0.6) is 0 Å². The maximum absolute atomic E-state index is 2.39. The Morgan fingerprint density at radius 2 is 0.692 bits per heavy atom. The van der Waals surface area contributed by atoms with Crippen LogP contribution in [0, 0.1) is 0 Å². The monoisotopic (exact) mass is 665 g/mol. The standard InChI is InChI=1S/C51H39N/c1-51(2)49(35-45-33-43-15-9-10-16-44(43)34-50(45)51)42-19-17-38(18-20-42)41-25-31-48(32-26-41)52(46-27-21-39(22-28-46)36-11-5-3-6-12-36)47-29-23-40(24-30-47)37-13-7-4-8-14-37/h3-35H,1-2H3. The first kappa shape index (κ1) is 31.5. The van der Waals surface area contributed by atoms with Crippen molar-refractivity contribution in [3.8, 4) is 33.4 Å². The molecule has 0 N–H and O–H groups in total. The molecule has 0 heterocycles. The summed E-state index contributed by atoms with van der Waals surface area (Å²) in [6.45, 7) is 4.70. The van der Waals surface area contributed by atoms with Crippen LogP contribution in [0.2, 0.25) is 0 Å². The Kier molecular flexibility index (Phi) is 7.90. The van der Waals surface area contributed by atoms with E-state index >= 15 is 0 Å². The number of fused-ring (bicyclic) bond motifs is 2. The molecule has 52 heavy (non-hydrogen) atoms. The van der Waals surface area contributed by atoms with Crippen molar-refractivity contribution < 1.29 is 0 Å². The van der Waals surface area contributed by atoms with Crippen LogP contribution in [-0.2, 0) is 5.41 Å². The molecule has 0 fully saturated rings. The Morgan fingerprint density at radius 1 is 0.346 bits per heavy atom. The van der Waals surface area contributed by atoms with Gasteiger partial charge in [0.1, 0.15) is 0 Å². The van der Waals surface area contributed by atoms with E-state index in [-0.39, 0.29) is 5.41 Å². The molecule has 1 heteroatoms. The van der Waals surface area contributed by atoms with Gasteiger partial charge >= 0.3 is 0 Å². The second-order valence-electron chi connectivity index (χ2n) is 14.3. The second-order valence-corrected chi connectivity index (χ2v) is 14.3. The molecule has 0 saturated heterocycles. The van der Waals surface area contributed by atoms with E-state index < -0.39 is 0 Å². The molecule has 0 aliphatic heterocycles. The molecule has 1 aliphatic carbocycles. The molecule has 0 amide bonds. The van der Waals surface area contributed by atoms with Gasteiger partial charge in [-0.2, -0.15) is 0 Å². The van der Waals surface area contributed by atoms with Crippen LogP contribution < -0.4 is 4.90 Å². The smallest absolute Gasteiger partial charge is 0.0462 e. The average molecular weight is 666 g/mol. The zero-order chi connectivity index (χ0) is 35.1. The van der Waals surface area contributed by atoms with Crippen LogP contribution in [0.25, 0.3) is 55.8 Å². The van der Waals surface area contributed by atoms with Gasteiger partial charge in [-0.15, -0.1) is 0 Å². The first-order valence-electron chi connectivity index (χ1n) is 18.1. The average Bonchev–Trinajstić information content (AvgIpc) is 3.47. The largest absolute Gasteiger partial charge is 0.311 e. The summed E-state index contributed by atoms with van der Waals surface area (Å²) in [6.07, 6.45) is 2.39. The van der Waals surface area contributed by atoms with Crippen molar-refractivity contribution in [3.05, 3.63) is 211 Å². The Bertz CT molecular complexity index is 2440. The fourth-order valence-electron chi connectivity index (χ4n) is 7.80. The Labute approximate surface area is 306 Å². The van der Waals surface area contributed by atoms with Gasteiger partial charge in [0.2, 0.25) is 0 Å². The molecular weight excluding hydrogens is 627 g/mol. The molecule has 0 aromatic heterocycles. The van der Waals surface area contributed by atoms with Crippen molar-refractivity contribution in [2.45, 2.75) is 19.3 Å². The molecule has 1 aliphatic rings. The molecule has 0 bridgehead atoms. The predicted octanol–water partition coefficient (Wildman–Crippen LogP) is 14.1. The highest BCUT2D eigenvalue weighted by Crippen LogP contribution is 2.48. The molecule has 0 saturated carbocycles. The van der Waals surface area contributed by atoms with Gasteiger partial charge in [-0.05, 0) is 121 Å². The summed E-state index contributed by atoms with van der Waals surface area (Å²) in [5.41, 5.74) is 15.9. The molecule has 9 rings (SSSR count). The van der Waals surface area contributed by atoms with Crippen molar-refractivity contribution in [1.29, 1.82) is 0 Å². The maximum atomic E-state index is 2.39. The van der Waals surface area contributed by atoms with Crippen molar-refractivity contribution in [2.75, 3.05) is 4.90 Å². The molecule has 248 valence electrons. The summed E-state index contributed by atoms with van der Waals surface area (Å²) in [5.74, 6) is 0. The van der Waals surface area contributed by atoms with Crippen LogP contribution in [0.3, 0.4) is 0 Å². The van der Waals surface area contributed by atoms with Crippen LogP contribution >= 0.6 is 0 Å². The quantitative estimate of drug-likeness (QED) is 0.164. The minimum atomic E-state index is -0.0649. The molecular formula is C51H39N. The highest BCUT2D eigenvalue weighted by Gasteiger charge is 2.33. The third-order valence-corrected chi connectivity index (χ3v) is 10.7. The van der Waals surface area contributed by atoms with Gasteiger partial charge in [-0.25, -0.2) is 0 Å². The number of hydrogen-bond acceptors (Lipinski definition) is 1. The Morgan fingerprint density at radius 3 is 1.13 bits per heavy atom. The van der Waals surface area contributed by atoms with Crippen molar-refractivity contribution in [2.24, 2.45) is 0 Å². The lowest BCUT2D eigenvalue weighted by Crippen LogP contribution is -2.16. The number of hydrogen-bond donors (Lipinski definition) is 0. The molecule has 0 atom stereocenters. The fourth-order valence-corrected chi connectivity index (χ4v) is 7.80. The SMILES string of the molecule is CC1(C)C(c2ccc(-c3ccc(N(c4ccc(-c5ccccc5)cc4)c4ccc(-c5ccccc5)cc4)cc3)cc2)=Cc2cc3ccccc3cc21.